The molecule has 1 aromatic carbocycles. The van der Waals surface area contributed by atoms with Crippen LogP contribution in [0.1, 0.15) is 47.0 Å². The molecule has 1 atom stereocenters. The van der Waals surface area contributed by atoms with Crippen LogP contribution in [0.5, 0.6) is 0 Å². The standard InChI is InChI=1S/C17H29N3O3S/c1-5-11-24(22,23)20-16-8-6-7-15(12-16)19-17(21)18-14(4)10-9-13(2)3/h6-8,12-14,20H,5,9-11H2,1-4H3,(H2,18,19,21). The number of sulfonamides is 1. The predicted molar refractivity (Wildman–Crippen MR) is 99.8 cm³/mol. The average molecular weight is 356 g/mol. The number of rotatable bonds is 9. The van der Waals surface area contributed by atoms with Gasteiger partial charge in [0, 0.05) is 11.7 Å². The highest BCUT2D eigenvalue weighted by Gasteiger charge is 2.11. The van der Waals surface area contributed by atoms with Crippen molar-refractivity contribution in [3.63, 3.8) is 0 Å². The van der Waals surface area contributed by atoms with Gasteiger partial charge in [0.05, 0.1) is 11.4 Å². The summed E-state index contributed by atoms with van der Waals surface area (Å²) < 4.78 is 26.1. The van der Waals surface area contributed by atoms with E-state index in [0.717, 1.165) is 12.8 Å². The molecule has 136 valence electrons. The maximum Gasteiger partial charge on any atom is 0.319 e. The molecule has 1 aromatic rings. The van der Waals surface area contributed by atoms with Gasteiger partial charge in [-0.3, -0.25) is 4.72 Å². The molecule has 1 unspecified atom stereocenters. The zero-order chi connectivity index (χ0) is 18.2. The normalized spacial score (nSPS) is 12.7. The number of urea groups is 1. The van der Waals surface area contributed by atoms with Crippen molar-refractivity contribution in [3.05, 3.63) is 24.3 Å². The minimum atomic E-state index is -3.34. The maximum absolute atomic E-state index is 12.0. The van der Waals surface area contributed by atoms with Crippen molar-refractivity contribution in [1.82, 2.24) is 5.32 Å². The number of nitrogens with one attached hydrogen (secondary N) is 3. The maximum atomic E-state index is 12.0. The number of benzene rings is 1. The number of hydrogen-bond donors (Lipinski definition) is 3. The number of anilines is 2. The second-order valence-corrected chi connectivity index (χ2v) is 8.31. The summed E-state index contributed by atoms with van der Waals surface area (Å²) >= 11 is 0. The summed E-state index contributed by atoms with van der Waals surface area (Å²) in [6.07, 6.45) is 2.52. The van der Waals surface area contributed by atoms with Crippen molar-refractivity contribution >= 4 is 27.4 Å². The molecule has 0 radical (unpaired) electrons. The molecule has 3 N–H and O–H groups in total. The minimum Gasteiger partial charge on any atom is -0.335 e. The highest BCUT2D eigenvalue weighted by Crippen LogP contribution is 2.17. The third-order valence-electron chi connectivity index (χ3n) is 3.42. The van der Waals surface area contributed by atoms with Gasteiger partial charge in [-0.2, -0.15) is 0 Å². The molecule has 0 aromatic heterocycles. The van der Waals surface area contributed by atoms with Gasteiger partial charge in [0.15, 0.2) is 0 Å². The van der Waals surface area contributed by atoms with Gasteiger partial charge in [-0.25, -0.2) is 13.2 Å². The minimum absolute atomic E-state index is 0.0680. The molecule has 7 heteroatoms. The summed E-state index contributed by atoms with van der Waals surface area (Å²) in [6.45, 7) is 8.08. The fourth-order valence-corrected chi connectivity index (χ4v) is 3.33. The van der Waals surface area contributed by atoms with Crippen LogP contribution in [0.25, 0.3) is 0 Å². The zero-order valence-electron chi connectivity index (χ0n) is 14.9. The van der Waals surface area contributed by atoms with Crippen molar-refractivity contribution in [2.24, 2.45) is 5.92 Å². The van der Waals surface area contributed by atoms with E-state index in [0.29, 0.717) is 23.7 Å². The molecule has 1 rings (SSSR count). The molecule has 0 heterocycles. The van der Waals surface area contributed by atoms with E-state index in [1.54, 1.807) is 24.3 Å². The van der Waals surface area contributed by atoms with Gasteiger partial charge in [-0.15, -0.1) is 0 Å². The van der Waals surface area contributed by atoms with Gasteiger partial charge >= 0.3 is 6.03 Å². The number of carbonyl (C=O) groups excluding carboxylic acids is 1. The lowest BCUT2D eigenvalue weighted by Crippen LogP contribution is -2.36. The first-order valence-electron chi connectivity index (χ1n) is 8.40. The summed E-state index contributed by atoms with van der Waals surface area (Å²) in [5.41, 5.74) is 0.981. The quantitative estimate of drug-likeness (QED) is 0.630. The molecular formula is C17H29N3O3S. The van der Waals surface area contributed by atoms with E-state index in [9.17, 15) is 13.2 Å². The highest BCUT2D eigenvalue weighted by atomic mass is 32.2. The summed E-state index contributed by atoms with van der Waals surface area (Å²) in [4.78, 5) is 12.0. The lowest BCUT2D eigenvalue weighted by Gasteiger charge is -2.16. The Labute approximate surface area is 145 Å². The Hall–Kier alpha value is -1.76. The van der Waals surface area contributed by atoms with Gasteiger partial charge in [0.25, 0.3) is 0 Å². The fourth-order valence-electron chi connectivity index (χ4n) is 2.21. The molecule has 0 saturated heterocycles. The van der Waals surface area contributed by atoms with Crippen molar-refractivity contribution in [1.29, 1.82) is 0 Å². The van der Waals surface area contributed by atoms with Crippen molar-refractivity contribution in [3.8, 4) is 0 Å². The van der Waals surface area contributed by atoms with Crippen molar-refractivity contribution in [2.45, 2.75) is 53.0 Å². The third kappa shape index (κ3) is 8.19. The molecule has 24 heavy (non-hydrogen) atoms. The van der Waals surface area contributed by atoms with Crippen molar-refractivity contribution in [2.75, 3.05) is 15.8 Å². The first kappa shape index (κ1) is 20.3. The Kier molecular flexibility index (Phi) is 8.04. The van der Waals surface area contributed by atoms with E-state index in [1.165, 1.54) is 0 Å². The lowest BCUT2D eigenvalue weighted by atomic mass is 10.0. The Morgan fingerprint density at radius 2 is 1.79 bits per heavy atom. The third-order valence-corrected chi connectivity index (χ3v) is 4.91. The molecule has 0 spiro atoms. The van der Waals surface area contributed by atoms with E-state index < -0.39 is 10.0 Å². The molecule has 0 saturated carbocycles. The van der Waals surface area contributed by atoms with Gasteiger partial charge < -0.3 is 10.6 Å². The molecule has 0 aliphatic carbocycles. The molecule has 0 fully saturated rings. The van der Waals surface area contributed by atoms with E-state index in [-0.39, 0.29) is 17.8 Å². The lowest BCUT2D eigenvalue weighted by molar-refractivity contribution is 0.248. The van der Waals surface area contributed by atoms with Gasteiger partial charge in [0.1, 0.15) is 0 Å². The zero-order valence-corrected chi connectivity index (χ0v) is 15.7. The predicted octanol–water partition coefficient (Wildman–Crippen LogP) is 3.78. The van der Waals surface area contributed by atoms with Crippen molar-refractivity contribution < 1.29 is 13.2 Å². The average Bonchev–Trinajstić information content (AvgIpc) is 2.44. The summed E-state index contributed by atoms with van der Waals surface area (Å²) in [7, 11) is -3.34. The SMILES string of the molecule is CCCS(=O)(=O)Nc1cccc(NC(=O)NC(C)CCC(C)C)c1. The van der Waals surface area contributed by atoms with E-state index in [1.807, 2.05) is 13.8 Å². The van der Waals surface area contributed by atoms with Crippen LogP contribution in [0, 0.1) is 5.92 Å². The topological polar surface area (TPSA) is 87.3 Å². The Bertz CT molecular complexity index is 630. The van der Waals surface area contributed by atoms with Crippen LogP contribution in [-0.4, -0.2) is 26.2 Å². The molecule has 0 aliphatic heterocycles. The number of carbonyl (C=O) groups is 1. The molecule has 0 bridgehead atoms. The van der Waals surface area contributed by atoms with Crippen LogP contribution >= 0.6 is 0 Å². The monoisotopic (exact) mass is 355 g/mol. The number of hydrogen-bond acceptors (Lipinski definition) is 3. The van der Waals surface area contributed by atoms with Gasteiger partial charge in [-0.1, -0.05) is 26.8 Å². The molecular weight excluding hydrogens is 326 g/mol. The summed E-state index contributed by atoms with van der Waals surface area (Å²) in [5, 5.41) is 5.62. The highest BCUT2D eigenvalue weighted by molar-refractivity contribution is 7.92. The molecule has 0 aliphatic rings. The van der Waals surface area contributed by atoms with Crippen LogP contribution < -0.4 is 15.4 Å². The van der Waals surface area contributed by atoms with Gasteiger partial charge in [-0.05, 0) is 50.3 Å². The second kappa shape index (κ2) is 9.52. The fraction of sp³-hybridized carbons (Fsp3) is 0.588. The van der Waals surface area contributed by atoms with Crippen LogP contribution in [0.4, 0.5) is 16.2 Å². The molecule has 2 amide bonds. The van der Waals surface area contributed by atoms with E-state index >= 15 is 0 Å². The summed E-state index contributed by atoms with van der Waals surface area (Å²) in [6, 6.07) is 6.46. The second-order valence-electron chi connectivity index (χ2n) is 6.47. The van der Waals surface area contributed by atoms with Crippen LogP contribution in [-0.2, 0) is 10.0 Å². The first-order chi connectivity index (χ1) is 11.2. The van der Waals surface area contributed by atoms with Crippen LogP contribution in [0.2, 0.25) is 0 Å². The van der Waals surface area contributed by atoms with E-state index in [4.69, 9.17) is 0 Å². The Morgan fingerprint density at radius 1 is 1.12 bits per heavy atom. The van der Waals surface area contributed by atoms with E-state index in [2.05, 4.69) is 29.2 Å². The molecule has 6 nitrogen and oxygen atoms in total. The Balaban J connectivity index is 2.59. The number of amides is 2. The smallest absolute Gasteiger partial charge is 0.319 e. The first-order valence-corrected chi connectivity index (χ1v) is 10.0. The van der Waals surface area contributed by atoms with Crippen LogP contribution in [0.3, 0.4) is 0 Å². The van der Waals surface area contributed by atoms with Crippen LogP contribution in [0.15, 0.2) is 24.3 Å². The Morgan fingerprint density at radius 3 is 2.42 bits per heavy atom. The van der Waals surface area contributed by atoms with Gasteiger partial charge in [0.2, 0.25) is 10.0 Å². The summed E-state index contributed by atoms with van der Waals surface area (Å²) in [5.74, 6) is 0.670. The largest absolute Gasteiger partial charge is 0.335 e.